The zero-order valence-electron chi connectivity index (χ0n) is 6.55. The van der Waals surface area contributed by atoms with E-state index < -0.39 is 0 Å². The number of aromatic hydroxyl groups is 1. The van der Waals surface area contributed by atoms with Gasteiger partial charge in [-0.1, -0.05) is 11.6 Å². The molecule has 68 valence electrons. The van der Waals surface area contributed by atoms with Gasteiger partial charge in [-0.05, 0) is 29.1 Å². The smallest absolute Gasteiger partial charge is 0.133 e. The molecule has 0 aliphatic rings. The molecule has 0 fully saturated rings. The molecule has 2 rings (SSSR count). The average Bonchev–Trinajstić information content (AvgIpc) is 2.46. The Labute approximate surface area is 89.5 Å². The summed E-state index contributed by atoms with van der Waals surface area (Å²) in [7, 11) is 0. The minimum absolute atomic E-state index is 0.255. The maximum absolute atomic E-state index is 9.59. The summed E-state index contributed by atoms with van der Waals surface area (Å²) in [5.41, 5.74) is 0.904. The number of hydrogen-bond donors (Lipinski definition) is 1. The van der Waals surface area contributed by atoms with Crippen molar-refractivity contribution in [2.45, 2.75) is 5.88 Å². The number of alkyl halides is 1. The third kappa shape index (κ3) is 1.62. The number of hydrogen-bond acceptors (Lipinski definition) is 2. The van der Waals surface area contributed by atoms with E-state index in [4.69, 9.17) is 23.2 Å². The van der Waals surface area contributed by atoms with Gasteiger partial charge in [0.05, 0.1) is 9.04 Å². The summed E-state index contributed by atoms with van der Waals surface area (Å²) in [6, 6.07) is 5.43. The van der Waals surface area contributed by atoms with E-state index in [9.17, 15) is 5.11 Å². The quantitative estimate of drug-likeness (QED) is 0.738. The van der Waals surface area contributed by atoms with Gasteiger partial charge in [-0.25, -0.2) is 0 Å². The van der Waals surface area contributed by atoms with Gasteiger partial charge in [0.15, 0.2) is 0 Å². The number of phenols is 1. The Kier molecular flexibility index (Phi) is 2.37. The lowest BCUT2D eigenvalue weighted by molar-refractivity contribution is 0.482. The van der Waals surface area contributed by atoms with Crippen LogP contribution in [0.3, 0.4) is 0 Å². The predicted octanol–water partition coefficient (Wildman–Crippen LogP) is 4.00. The monoisotopic (exact) mass is 232 g/mol. The molecule has 0 bridgehead atoms. The predicted molar refractivity (Wildman–Crippen MR) is 58.1 cm³/mol. The second kappa shape index (κ2) is 3.37. The maximum atomic E-state index is 9.59. The number of thiophene rings is 1. The van der Waals surface area contributed by atoms with Crippen molar-refractivity contribution >= 4 is 44.6 Å². The third-order valence-electron chi connectivity index (χ3n) is 1.78. The van der Waals surface area contributed by atoms with Crippen molar-refractivity contribution in [1.29, 1.82) is 0 Å². The molecule has 1 heterocycles. The van der Waals surface area contributed by atoms with Gasteiger partial charge >= 0.3 is 0 Å². The highest BCUT2D eigenvalue weighted by atomic mass is 35.5. The summed E-state index contributed by atoms with van der Waals surface area (Å²) in [5.74, 6) is 0.654. The first kappa shape index (κ1) is 9.13. The van der Waals surface area contributed by atoms with Crippen LogP contribution in [0.2, 0.25) is 4.34 Å². The van der Waals surface area contributed by atoms with Crippen molar-refractivity contribution in [3.8, 4) is 5.75 Å². The van der Waals surface area contributed by atoms with E-state index in [0.29, 0.717) is 10.2 Å². The van der Waals surface area contributed by atoms with E-state index in [1.165, 1.54) is 11.3 Å². The highest BCUT2D eigenvalue weighted by molar-refractivity contribution is 7.23. The maximum Gasteiger partial charge on any atom is 0.133 e. The molecular formula is C9H6Cl2OS. The fourth-order valence-corrected chi connectivity index (χ4v) is 2.52. The Morgan fingerprint density at radius 2 is 2.08 bits per heavy atom. The normalized spacial score (nSPS) is 10.9. The summed E-state index contributed by atoms with van der Waals surface area (Å²) in [6.45, 7) is 0. The Hall–Kier alpha value is -0.440. The van der Waals surface area contributed by atoms with E-state index in [1.54, 1.807) is 6.07 Å². The molecule has 0 amide bonds. The lowest BCUT2D eigenvalue weighted by Gasteiger charge is -1.98. The first-order valence-electron chi connectivity index (χ1n) is 3.67. The summed E-state index contributed by atoms with van der Waals surface area (Å²) >= 11 is 12.9. The average molecular weight is 233 g/mol. The van der Waals surface area contributed by atoms with Crippen molar-refractivity contribution in [1.82, 2.24) is 0 Å². The van der Waals surface area contributed by atoms with Crippen molar-refractivity contribution in [2.24, 2.45) is 0 Å². The van der Waals surface area contributed by atoms with Crippen LogP contribution >= 0.6 is 34.5 Å². The van der Waals surface area contributed by atoms with E-state index in [0.717, 1.165) is 15.6 Å². The van der Waals surface area contributed by atoms with E-state index in [2.05, 4.69) is 0 Å². The molecule has 4 heteroatoms. The van der Waals surface area contributed by atoms with Crippen LogP contribution in [-0.2, 0) is 5.88 Å². The minimum Gasteiger partial charge on any atom is -0.506 e. The highest BCUT2D eigenvalue weighted by Gasteiger charge is 2.06. The number of rotatable bonds is 1. The third-order valence-corrected chi connectivity index (χ3v) is 3.39. The van der Waals surface area contributed by atoms with Gasteiger partial charge in [-0.2, -0.15) is 0 Å². The van der Waals surface area contributed by atoms with E-state index >= 15 is 0 Å². The van der Waals surface area contributed by atoms with Gasteiger partial charge in [0.1, 0.15) is 5.75 Å². The molecule has 0 spiro atoms. The second-order valence-electron chi connectivity index (χ2n) is 2.72. The number of benzene rings is 1. The molecule has 0 saturated heterocycles. The molecule has 0 radical (unpaired) electrons. The zero-order valence-corrected chi connectivity index (χ0v) is 8.88. The molecule has 2 aromatic rings. The van der Waals surface area contributed by atoms with Crippen LogP contribution in [0, 0.1) is 0 Å². The molecule has 0 aliphatic heterocycles. The van der Waals surface area contributed by atoms with Crippen LogP contribution in [0.5, 0.6) is 5.75 Å². The minimum atomic E-state index is 0.255. The number of fused-ring (bicyclic) bond motifs is 1. The molecule has 0 unspecified atom stereocenters. The van der Waals surface area contributed by atoms with Crippen LogP contribution < -0.4 is 0 Å². The van der Waals surface area contributed by atoms with Gasteiger partial charge in [0.25, 0.3) is 0 Å². The van der Waals surface area contributed by atoms with Gasteiger partial charge < -0.3 is 5.11 Å². The molecular weight excluding hydrogens is 227 g/mol. The molecule has 13 heavy (non-hydrogen) atoms. The summed E-state index contributed by atoms with van der Waals surface area (Å²) in [4.78, 5) is 0. The molecule has 1 nitrogen and oxygen atoms in total. The second-order valence-corrected chi connectivity index (χ2v) is 4.67. The fourth-order valence-electron chi connectivity index (χ4n) is 1.24. The summed E-state index contributed by atoms with van der Waals surface area (Å²) < 4.78 is 1.50. The summed E-state index contributed by atoms with van der Waals surface area (Å²) in [6.07, 6.45) is 0. The number of halogens is 2. The molecule has 1 aromatic carbocycles. The van der Waals surface area contributed by atoms with Crippen molar-refractivity contribution in [3.05, 3.63) is 28.1 Å². The lowest BCUT2D eigenvalue weighted by Crippen LogP contribution is -1.76. The first-order chi connectivity index (χ1) is 6.20. The van der Waals surface area contributed by atoms with E-state index in [-0.39, 0.29) is 5.75 Å². The van der Waals surface area contributed by atoms with Crippen LogP contribution in [0.4, 0.5) is 0 Å². The van der Waals surface area contributed by atoms with Crippen molar-refractivity contribution < 1.29 is 5.11 Å². The molecule has 0 aliphatic carbocycles. The molecule has 1 N–H and O–H groups in total. The van der Waals surface area contributed by atoms with E-state index in [1.807, 2.05) is 12.1 Å². The fraction of sp³-hybridized carbons (Fsp3) is 0.111. The SMILES string of the molecule is Oc1cc(CCl)cc2cc(Cl)sc12. The molecule has 0 saturated carbocycles. The topological polar surface area (TPSA) is 20.2 Å². The Morgan fingerprint density at radius 3 is 2.77 bits per heavy atom. The van der Waals surface area contributed by atoms with Crippen molar-refractivity contribution in [2.75, 3.05) is 0 Å². The van der Waals surface area contributed by atoms with Gasteiger partial charge in [-0.15, -0.1) is 22.9 Å². The standard InChI is InChI=1S/C9H6Cl2OS/c10-4-5-1-6-3-8(11)13-9(6)7(12)2-5/h1-3,12H,4H2. The Balaban J connectivity index is 2.75. The van der Waals surface area contributed by atoms with Gasteiger partial charge in [0.2, 0.25) is 0 Å². The van der Waals surface area contributed by atoms with Crippen LogP contribution in [-0.4, -0.2) is 5.11 Å². The van der Waals surface area contributed by atoms with Gasteiger partial charge in [-0.3, -0.25) is 0 Å². The summed E-state index contributed by atoms with van der Waals surface area (Å²) in [5, 5.41) is 10.5. The first-order valence-corrected chi connectivity index (χ1v) is 5.40. The van der Waals surface area contributed by atoms with Crippen LogP contribution in [0.15, 0.2) is 18.2 Å². The van der Waals surface area contributed by atoms with Crippen molar-refractivity contribution in [3.63, 3.8) is 0 Å². The number of phenolic OH excluding ortho intramolecular Hbond substituents is 1. The van der Waals surface area contributed by atoms with Crippen LogP contribution in [0.1, 0.15) is 5.56 Å². The highest BCUT2D eigenvalue weighted by Crippen LogP contribution is 2.36. The molecule has 1 aromatic heterocycles. The molecule has 0 atom stereocenters. The van der Waals surface area contributed by atoms with Gasteiger partial charge in [0, 0.05) is 5.88 Å². The lowest BCUT2D eigenvalue weighted by atomic mass is 10.2. The zero-order chi connectivity index (χ0) is 9.42. The largest absolute Gasteiger partial charge is 0.506 e. The Morgan fingerprint density at radius 1 is 1.31 bits per heavy atom. The Bertz CT molecular complexity index is 450. The van der Waals surface area contributed by atoms with Crippen LogP contribution in [0.25, 0.3) is 10.1 Å².